The summed E-state index contributed by atoms with van der Waals surface area (Å²) in [6, 6.07) is 6.59. The number of nitrogens with zero attached hydrogens (tertiary/aromatic N) is 2. The second-order valence-electron chi connectivity index (χ2n) is 4.65. The number of hydrogen-bond donors (Lipinski definition) is 2. The van der Waals surface area contributed by atoms with Crippen LogP contribution in [0.2, 0.25) is 0 Å². The molecule has 0 radical (unpaired) electrons. The van der Waals surface area contributed by atoms with Gasteiger partial charge < -0.3 is 15.6 Å². The van der Waals surface area contributed by atoms with Gasteiger partial charge in [0.25, 0.3) is 0 Å². The molecule has 1 aromatic carbocycles. The van der Waals surface area contributed by atoms with E-state index in [0.29, 0.717) is 0 Å². The van der Waals surface area contributed by atoms with Crippen LogP contribution in [0.3, 0.4) is 0 Å². The Hall–Kier alpha value is -1.39. The molecule has 4 nitrogen and oxygen atoms in total. The normalized spacial score (nSPS) is 13.2. The van der Waals surface area contributed by atoms with Crippen LogP contribution in [0.15, 0.2) is 18.2 Å². The lowest BCUT2D eigenvalue weighted by atomic mass is 10.2. The summed E-state index contributed by atoms with van der Waals surface area (Å²) in [4.78, 5) is 4.53. The van der Waals surface area contributed by atoms with Crippen LogP contribution in [0.25, 0.3) is 11.0 Å². The van der Waals surface area contributed by atoms with Gasteiger partial charge in [-0.05, 0) is 31.5 Å². The van der Waals surface area contributed by atoms with Crippen LogP contribution in [-0.4, -0.2) is 22.1 Å². The summed E-state index contributed by atoms with van der Waals surface area (Å²) in [5.41, 5.74) is 9.18. The van der Waals surface area contributed by atoms with Gasteiger partial charge in [0.05, 0.1) is 11.0 Å². The fourth-order valence-corrected chi connectivity index (χ4v) is 1.92. The molecule has 17 heavy (non-hydrogen) atoms. The first-order valence-electron chi connectivity index (χ1n) is 5.96. The Labute approximate surface area is 102 Å². The molecule has 0 saturated carbocycles. The number of hydrogen-bond acceptors (Lipinski definition) is 3. The second kappa shape index (κ2) is 4.85. The highest BCUT2D eigenvalue weighted by molar-refractivity contribution is 5.76. The van der Waals surface area contributed by atoms with Crippen LogP contribution in [-0.2, 0) is 13.6 Å². The van der Waals surface area contributed by atoms with E-state index < -0.39 is 0 Å². The topological polar surface area (TPSA) is 55.9 Å². The van der Waals surface area contributed by atoms with Gasteiger partial charge in [0.2, 0.25) is 0 Å². The molecule has 0 aliphatic carbocycles. The molecule has 0 saturated heterocycles. The smallest absolute Gasteiger partial charge is 0.106 e. The van der Waals surface area contributed by atoms with Gasteiger partial charge in [-0.2, -0.15) is 0 Å². The van der Waals surface area contributed by atoms with Gasteiger partial charge in [0, 0.05) is 26.2 Å². The van der Waals surface area contributed by atoms with Gasteiger partial charge >= 0.3 is 0 Å². The fourth-order valence-electron chi connectivity index (χ4n) is 1.92. The summed E-state index contributed by atoms with van der Waals surface area (Å²) < 4.78 is 2.11. The molecular weight excluding hydrogens is 212 g/mol. The Balaban J connectivity index is 2.15. The van der Waals surface area contributed by atoms with E-state index in [1.165, 1.54) is 11.1 Å². The third-order valence-corrected chi connectivity index (χ3v) is 2.96. The largest absolute Gasteiger partial charge is 0.331 e. The van der Waals surface area contributed by atoms with Gasteiger partial charge in [0.1, 0.15) is 5.82 Å². The molecule has 1 atom stereocenters. The zero-order chi connectivity index (χ0) is 12.4. The second-order valence-corrected chi connectivity index (χ2v) is 4.65. The van der Waals surface area contributed by atoms with Crippen molar-refractivity contribution in [3.63, 3.8) is 0 Å². The number of aryl methyl sites for hydroxylation is 2. The number of rotatable bonds is 4. The van der Waals surface area contributed by atoms with Crippen LogP contribution in [0, 0.1) is 6.92 Å². The van der Waals surface area contributed by atoms with E-state index in [1.807, 2.05) is 20.9 Å². The fraction of sp³-hybridized carbons (Fsp3) is 0.462. The maximum Gasteiger partial charge on any atom is 0.106 e. The molecule has 0 aliphatic heterocycles. The van der Waals surface area contributed by atoms with Crippen molar-refractivity contribution < 1.29 is 0 Å². The molecule has 0 spiro atoms. The highest BCUT2D eigenvalue weighted by Crippen LogP contribution is 2.16. The molecule has 92 valence electrons. The van der Waals surface area contributed by atoms with E-state index >= 15 is 0 Å². The highest BCUT2D eigenvalue weighted by atomic mass is 15.0. The summed E-state index contributed by atoms with van der Waals surface area (Å²) in [6.07, 6.45) is 0. The van der Waals surface area contributed by atoms with Gasteiger partial charge in [-0.3, -0.25) is 0 Å². The Bertz CT molecular complexity index is 513. The van der Waals surface area contributed by atoms with Crippen LogP contribution in [0.5, 0.6) is 0 Å². The molecule has 4 heteroatoms. The summed E-state index contributed by atoms with van der Waals surface area (Å²) >= 11 is 0. The van der Waals surface area contributed by atoms with Crippen LogP contribution in [0.4, 0.5) is 0 Å². The van der Waals surface area contributed by atoms with E-state index in [1.54, 1.807) is 0 Å². The van der Waals surface area contributed by atoms with Gasteiger partial charge in [-0.1, -0.05) is 6.07 Å². The van der Waals surface area contributed by atoms with E-state index in [-0.39, 0.29) is 6.04 Å². The number of aromatic nitrogens is 2. The Morgan fingerprint density at radius 3 is 2.94 bits per heavy atom. The van der Waals surface area contributed by atoms with E-state index in [9.17, 15) is 0 Å². The van der Waals surface area contributed by atoms with Gasteiger partial charge in [0.15, 0.2) is 0 Å². The predicted molar refractivity (Wildman–Crippen MR) is 70.8 cm³/mol. The maximum absolute atomic E-state index is 5.69. The minimum Gasteiger partial charge on any atom is -0.331 e. The van der Waals surface area contributed by atoms with Crippen molar-refractivity contribution >= 4 is 11.0 Å². The lowest BCUT2D eigenvalue weighted by Gasteiger charge is -2.07. The number of imidazole rings is 1. The first-order valence-corrected chi connectivity index (χ1v) is 5.96. The zero-order valence-corrected chi connectivity index (χ0v) is 10.7. The minimum absolute atomic E-state index is 0.191. The molecule has 3 N–H and O–H groups in total. The van der Waals surface area contributed by atoms with Gasteiger partial charge in [-0.15, -0.1) is 0 Å². The predicted octanol–water partition coefficient (Wildman–Crippen LogP) is 1.32. The van der Waals surface area contributed by atoms with Crippen molar-refractivity contribution in [1.29, 1.82) is 0 Å². The van der Waals surface area contributed by atoms with E-state index in [2.05, 4.69) is 33.1 Å². The average Bonchev–Trinajstić information content (AvgIpc) is 2.54. The van der Waals surface area contributed by atoms with Crippen molar-refractivity contribution in [1.82, 2.24) is 14.9 Å². The molecule has 2 aromatic rings. The molecular formula is C13H20N4. The molecule has 1 aromatic heterocycles. The number of benzene rings is 1. The molecule has 2 rings (SSSR count). The summed E-state index contributed by atoms with van der Waals surface area (Å²) in [6.45, 7) is 5.69. The van der Waals surface area contributed by atoms with Crippen LogP contribution in [0.1, 0.15) is 18.3 Å². The average molecular weight is 232 g/mol. The van der Waals surface area contributed by atoms with Crippen LogP contribution < -0.4 is 11.1 Å². The lowest BCUT2D eigenvalue weighted by molar-refractivity contribution is 0.608. The maximum atomic E-state index is 5.69. The third kappa shape index (κ3) is 2.65. The molecule has 1 unspecified atom stereocenters. The van der Waals surface area contributed by atoms with E-state index in [4.69, 9.17) is 5.73 Å². The zero-order valence-electron chi connectivity index (χ0n) is 10.7. The molecule has 0 aliphatic rings. The molecule has 0 amide bonds. The van der Waals surface area contributed by atoms with Crippen molar-refractivity contribution in [3.05, 3.63) is 29.6 Å². The molecule has 0 fully saturated rings. The quantitative estimate of drug-likeness (QED) is 0.836. The first kappa shape index (κ1) is 12.1. The lowest BCUT2D eigenvalue weighted by Crippen LogP contribution is -2.30. The molecule has 0 bridgehead atoms. The summed E-state index contributed by atoms with van der Waals surface area (Å²) in [5.74, 6) is 1.04. The standard InChI is InChI=1S/C13H20N4/c1-9(14)7-15-8-11-4-5-13-12(6-11)16-10(2)17(13)3/h4-6,9,15H,7-8,14H2,1-3H3. The minimum atomic E-state index is 0.191. The van der Waals surface area contributed by atoms with Crippen molar-refractivity contribution in [2.24, 2.45) is 12.8 Å². The van der Waals surface area contributed by atoms with Crippen molar-refractivity contribution in [3.8, 4) is 0 Å². The van der Waals surface area contributed by atoms with E-state index in [0.717, 1.165) is 24.4 Å². The number of nitrogens with one attached hydrogen (secondary N) is 1. The van der Waals surface area contributed by atoms with Crippen LogP contribution >= 0.6 is 0 Å². The monoisotopic (exact) mass is 232 g/mol. The highest BCUT2D eigenvalue weighted by Gasteiger charge is 2.04. The molecule has 1 heterocycles. The van der Waals surface area contributed by atoms with Crippen molar-refractivity contribution in [2.45, 2.75) is 26.4 Å². The van der Waals surface area contributed by atoms with Gasteiger partial charge in [-0.25, -0.2) is 4.98 Å². The Kier molecular flexibility index (Phi) is 3.45. The number of fused-ring (bicyclic) bond motifs is 1. The summed E-state index contributed by atoms with van der Waals surface area (Å²) in [7, 11) is 2.04. The SMILES string of the molecule is Cc1nc2cc(CNCC(C)N)ccc2n1C. The Morgan fingerprint density at radius 1 is 1.47 bits per heavy atom. The number of nitrogens with two attached hydrogens (primary N) is 1. The third-order valence-electron chi connectivity index (χ3n) is 2.96. The summed E-state index contributed by atoms with van der Waals surface area (Å²) in [5, 5.41) is 3.33. The van der Waals surface area contributed by atoms with Crippen molar-refractivity contribution in [2.75, 3.05) is 6.54 Å². The first-order chi connectivity index (χ1) is 8.08. The Morgan fingerprint density at radius 2 is 2.24 bits per heavy atom.